The molecule has 1 saturated heterocycles. The molecule has 0 spiro atoms. The Morgan fingerprint density at radius 1 is 0.903 bits per heavy atom. The van der Waals surface area contributed by atoms with Crippen LogP contribution in [-0.2, 0) is 33.9 Å². The summed E-state index contributed by atoms with van der Waals surface area (Å²) in [5.74, 6) is -3.60. The van der Waals surface area contributed by atoms with Crippen molar-refractivity contribution in [2.24, 2.45) is 11.8 Å². The molecular weight excluding hydrogens is 831 g/mol. The van der Waals surface area contributed by atoms with Crippen molar-refractivity contribution in [3.05, 3.63) is 83.8 Å². The van der Waals surface area contributed by atoms with Gasteiger partial charge in [0.15, 0.2) is 0 Å². The number of allylic oxidation sites excluding steroid dienone is 1. The maximum absolute atomic E-state index is 15.5. The average molecular weight is 882 g/mol. The molecule has 2 aliphatic heterocycles. The van der Waals surface area contributed by atoms with Crippen LogP contribution in [0.4, 0.5) is 0 Å². The van der Waals surface area contributed by atoms with Crippen molar-refractivity contribution in [2.45, 2.75) is 119 Å². The van der Waals surface area contributed by atoms with Gasteiger partial charge in [0, 0.05) is 12.3 Å². The maximum atomic E-state index is 15.5. The van der Waals surface area contributed by atoms with Gasteiger partial charge in [-0.1, -0.05) is 55.3 Å². The van der Waals surface area contributed by atoms with Crippen LogP contribution >= 0.6 is 11.3 Å². The third kappa shape index (κ3) is 8.55. The van der Waals surface area contributed by atoms with Crippen LogP contribution in [0.5, 0.6) is 11.6 Å². The van der Waals surface area contributed by atoms with Gasteiger partial charge in [-0.25, -0.2) is 18.4 Å². The van der Waals surface area contributed by atoms with Crippen LogP contribution in [0.15, 0.2) is 78.2 Å². The number of thiophene rings is 1. The van der Waals surface area contributed by atoms with E-state index in [0.717, 1.165) is 43.4 Å². The molecule has 62 heavy (non-hydrogen) atoms. The minimum absolute atomic E-state index is 0.0599. The summed E-state index contributed by atoms with van der Waals surface area (Å²) in [5, 5.41) is 4.24. The number of nitrogens with zero attached hydrogens (tertiary/aromatic N) is 3. The number of hydrogen-bond donors (Lipinski definition) is 2. The van der Waals surface area contributed by atoms with E-state index >= 15 is 9.59 Å². The molecule has 3 saturated carbocycles. The van der Waals surface area contributed by atoms with Gasteiger partial charge in [0.1, 0.15) is 41.2 Å². The lowest BCUT2D eigenvalue weighted by atomic mass is 9.96. The molecule has 14 nitrogen and oxygen atoms in total. The summed E-state index contributed by atoms with van der Waals surface area (Å²) in [6.07, 6.45) is 9.90. The Morgan fingerprint density at radius 3 is 2.35 bits per heavy atom. The maximum Gasteiger partial charge on any atom is 0.318 e. The van der Waals surface area contributed by atoms with Crippen molar-refractivity contribution in [1.82, 2.24) is 24.9 Å². The molecule has 4 unspecified atom stereocenters. The fourth-order valence-electron chi connectivity index (χ4n) is 9.22. The van der Waals surface area contributed by atoms with Crippen molar-refractivity contribution >= 4 is 56.1 Å². The molecule has 3 amide bonds. The van der Waals surface area contributed by atoms with E-state index in [2.05, 4.69) is 10.0 Å². The average Bonchev–Trinajstić information content (AvgIpc) is 4.03. The summed E-state index contributed by atoms with van der Waals surface area (Å²) in [5.41, 5.74) is 0.776. The van der Waals surface area contributed by atoms with Crippen LogP contribution in [0.1, 0.15) is 95.1 Å². The number of benzene rings is 2. The van der Waals surface area contributed by atoms with Crippen molar-refractivity contribution in [1.29, 1.82) is 0 Å². The van der Waals surface area contributed by atoms with E-state index in [1.165, 1.54) is 16.2 Å². The van der Waals surface area contributed by atoms with Crippen LogP contribution < -0.4 is 19.5 Å². The van der Waals surface area contributed by atoms with Crippen molar-refractivity contribution in [3.63, 3.8) is 0 Å². The molecule has 4 fully saturated rings. The number of carbonyl (C=O) groups is 4. The lowest BCUT2D eigenvalue weighted by Gasteiger charge is -2.34. The molecule has 9 rings (SSSR count). The number of nitrogens with one attached hydrogen (secondary N) is 2. The van der Waals surface area contributed by atoms with Crippen LogP contribution in [0.3, 0.4) is 0 Å². The van der Waals surface area contributed by atoms with Crippen molar-refractivity contribution in [2.75, 3.05) is 7.11 Å². The van der Waals surface area contributed by atoms with Crippen LogP contribution in [-0.4, -0.2) is 83.1 Å². The SMILES string of the molecule is COc1ccc([C@H]2[C@H](Oc3nc4ccccc4nc3-c3cccs3)CC3C(=O)NC4(C(=O)NS(=O)(=O)C5CC5)CC4/C=C\CCCCCC(C(=O)OC4CCCC4)C(=O)N32)cc1. The number of amides is 3. The summed E-state index contributed by atoms with van der Waals surface area (Å²) in [7, 11) is -2.40. The molecule has 2 aromatic heterocycles. The zero-order chi connectivity index (χ0) is 43.0. The van der Waals surface area contributed by atoms with Gasteiger partial charge in [-0.05, 0) is 105 Å². The van der Waals surface area contributed by atoms with Gasteiger partial charge in [0.25, 0.3) is 5.91 Å². The van der Waals surface area contributed by atoms with E-state index in [-0.39, 0.29) is 31.2 Å². The Labute approximate surface area is 364 Å². The highest BCUT2D eigenvalue weighted by Gasteiger charge is 2.63. The standard InChI is InChI=1S/C46H51N5O9S2/c1-58-30-21-19-28(20-22-30)40-37(60-42-39(38-18-11-25-61-38)47-34-16-9-10-17-35(34)48-42)26-36-41(52)49-46(45(55)50-62(56,57)32-23-24-32)27-29(46)12-5-3-2-4-6-15-33(43(53)51(36)40)44(54)59-31-13-7-8-14-31/h5,9-12,16-22,25,29,31-33,36-37,40H,2-4,6-8,13-15,23-24,26-27H2,1H3,(H,49,52)(H,50,55)/b12-5-/t29?,33?,36?,37-,40+,46?/m1/s1. The summed E-state index contributed by atoms with van der Waals surface area (Å²) >= 11 is 1.47. The van der Waals surface area contributed by atoms with Gasteiger partial charge in [-0.3, -0.25) is 23.9 Å². The number of aromatic nitrogens is 2. The second kappa shape index (κ2) is 17.4. The number of carbonyl (C=O) groups excluding carboxylic acids is 4. The largest absolute Gasteiger partial charge is 0.497 e. The second-order valence-electron chi connectivity index (χ2n) is 17.1. The molecular formula is C46H51N5O9S2. The topological polar surface area (TPSA) is 183 Å². The molecule has 4 heterocycles. The third-order valence-corrected chi connectivity index (χ3v) is 15.6. The monoisotopic (exact) mass is 881 g/mol. The predicted molar refractivity (Wildman–Crippen MR) is 231 cm³/mol. The predicted octanol–water partition coefficient (Wildman–Crippen LogP) is 6.56. The quantitative estimate of drug-likeness (QED) is 0.1000. The first-order valence-corrected chi connectivity index (χ1v) is 24.2. The van der Waals surface area contributed by atoms with Crippen molar-refractivity contribution < 1.29 is 41.8 Å². The lowest BCUT2D eigenvalue weighted by molar-refractivity contribution is -0.162. The fraction of sp³-hybridized carbons (Fsp3) is 0.478. The van der Waals surface area contributed by atoms with E-state index in [9.17, 15) is 18.0 Å². The molecule has 326 valence electrons. The van der Waals surface area contributed by atoms with Gasteiger partial charge < -0.3 is 24.4 Å². The lowest BCUT2D eigenvalue weighted by Crippen LogP contribution is -2.57. The molecule has 2 aromatic carbocycles. The van der Waals surface area contributed by atoms with Gasteiger partial charge in [0.05, 0.1) is 34.3 Å². The van der Waals surface area contributed by atoms with E-state index in [4.69, 9.17) is 24.2 Å². The molecule has 6 atom stereocenters. The van der Waals surface area contributed by atoms with Gasteiger partial charge in [-0.15, -0.1) is 11.3 Å². The molecule has 3 aliphatic carbocycles. The molecule has 0 bridgehead atoms. The molecule has 5 aliphatic rings. The van der Waals surface area contributed by atoms with Crippen molar-refractivity contribution in [3.8, 4) is 22.2 Å². The second-order valence-corrected chi connectivity index (χ2v) is 20.0. The normalized spacial score (nSPS) is 27.6. The highest BCUT2D eigenvalue weighted by Crippen LogP contribution is 2.48. The molecule has 0 radical (unpaired) electrons. The number of sulfonamides is 1. The van der Waals surface area contributed by atoms with E-state index in [0.29, 0.717) is 53.7 Å². The summed E-state index contributed by atoms with van der Waals surface area (Å²) in [6, 6.07) is 16.2. The highest BCUT2D eigenvalue weighted by atomic mass is 32.2. The highest BCUT2D eigenvalue weighted by molar-refractivity contribution is 7.91. The van der Waals surface area contributed by atoms with Crippen LogP contribution in [0, 0.1) is 11.8 Å². The number of esters is 1. The first-order chi connectivity index (χ1) is 30.0. The Morgan fingerprint density at radius 2 is 1.65 bits per heavy atom. The minimum Gasteiger partial charge on any atom is -0.497 e. The number of hydrogen-bond acceptors (Lipinski definition) is 12. The van der Waals surface area contributed by atoms with E-state index in [1.807, 2.05) is 53.9 Å². The number of ether oxygens (including phenoxy) is 3. The molecule has 2 N–H and O–H groups in total. The first-order valence-electron chi connectivity index (χ1n) is 21.7. The fourth-order valence-corrected chi connectivity index (χ4v) is 11.3. The zero-order valence-electron chi connectivity index (χ0n) is 34.6. The smallest absolute Gasteiger partial charge is 0.318 e. The van der Waals surface area contributed by atoms with Crippen LogP contribution in [0.2, 0.25) is 0 Å². The summed E-state index contributed by atoms with van der Waals surface area (Å²) in [4.78, 5) is 71.1. The first kappa shape index (κ1) is 42.0. The Hall–Kier alpha value is -5.35. The zero-order valence-corrected chi connectivity index (χ0v) is 36.2. The third-order valence-electron chi connectivity index (χ3n) is 12.9. The Bertz CT molecular complexity index is 2470. The van der Waals surface area contributed by atoms with Gasteiger partial charge in [-0.2, -0.15) is 0 Å². The molecule has 16 heteroatoms. The van der Waals surface area contributed by atoms with Gasteiger partial charge >= 0.3 is 5.97 Å². The minimum atomic E-state index is -3.95. The Kier molecular flexibility index (Phi) is 11.8. The summed E-state index contributed by atoms with van der Waals surface area (Å²) < 4.78 is 47.0. The summed E-state index contributed by atoms with van der Waals surface area (Å²) in [6.45, 7) is 0. The van der Waals surface area contributed by atoms with Gasteiger partial charge in [0.2, 0.25) is 27.7 Å². The Balaban J connectivity index is 1.15. The van der Waals surface area contributed by atoms with E-state index < -0.39 is 74.5 Å². The number of para-hydroxylation sites is 2. The van der Waals surface area contributed by atoms with E-state index in [1.54, 1.807) is 31.4 Å². The number of methoxy groups -OCH3 is 1. The number of fused-ring (bicyclic) bond motifs is 3. The molecule has 4 aromatic rings. The number of rotatable bonds is 10. The van der Waals surface area contributed by atoms with Crippen LogP contribution in [0.25, 0.3) is 21.6 Å².